The molecule has 1 amide bonds. The predicted octanol–water partition coefficient (Wildman–Crippen LogP) is 2.46. The fraction of sp³-hybridized carbons (Fsp3) is 0.500. The number of benzene rings is 1. The van der Waals surface area contributed by atoms with E-state index in [1.807, 2.05) is 26.1 Å². The molecular weight excluding hydrogens is 248 g/mol. The van der Waals surface area contributed by atoms with Crippen LogP contribution in [0.15, 0.2) is 18.2 Å². The third-order valence-corrected chi connectivity index (χ3v) is 3.73. The minimum atomic E-state index is 0.00273. The summed E-state index contributed by atoms with van der Waals surface area (Å²) in [6, 6.07) is 5.58. The number of hydrogen-bond acceptors (Lipinski definition) is 2. The van der Waals surface area contributed by atoms with Crippen LogP contribution in [0.2, 0.25) is 5.02 Å². The smallest absolute Gasteiger partial charge is 0.253 e. The summed E-state index contributed by atoms with van der Waals surface area (Å²) in [6.45, 7) is 2.45. The molecule has 1 saturated carbocycles. The van der Waals surface area contributed by atoms with Crippen molar-refractivity contribution in [1.82, 2.24) is 4.90 Å². The fourth-order valence-electron chi connectivity index (χ4n) is 2.36. The van der Waals surface area contributed by atoms with Gasteiger partial charge in [-0.3, -0.25) is 4.79 Å². The molecule has 4 heteroatoms. The Kier molecular flexibility index (Phi) is 3.93. The Morgan fingerprint density at radius 2 is 2.17 bits per heavy atom. The average Bonchev–Trinajstić information content (AvgIpc) is 3.12. The third-order valence-electron chi connectivity index (χ3n) is 3.51. The molecule has 1 unspecified atom stereocenters. The lowest BCUT2D eigenvalue weighted by molar-refractivity contribution is 0.0718. The van der Waals surface area contributed by atoms with Crippen LogP contribution in [0.25, 0.3) is 0 Å². The van der Waals surface area contributed by atoms with E-state index in [-0.39, 0.29) is 11.9 Å². The molecule has 1 aliphatic carbocycles. The number of carbonyl (C=O) groups excluding carboxylic acids is 1. The van der Waals surface area contributed by atoms with E-state index in [0.717, 1.165) is 5.56 Å². The lowest BCUT2D eigenvalue weighted by Crippen LogP contribution is -2.43. The van der Waals surface area contributed by atoms with Crippen LogP contribution in [-0.2, 0) is 0 Å². The summed E-state index contributed by atoms with van der Waals surface area (Å²) in [5.74, 6) is 0.576. The number of aryl methyl sites for hydroxylation is 1. The highest BCUT2D eigenvalue weighted by molar-refractivity contribution is 6.31. The number of rotatable bonds is 4. The van der Waals surface area contributed by atoms with Crippen molar-refractivity contribution in [2.24, 2.45) is 11.7 Å². The minimum Gasteiger partial charge on any atom is -0.337 e. The van der Waals surface area contributed by atoms with Gasteiger partial charge in [-0.15, -0.1) is 0 Å². The highest BCUT2D eigenvalue weighted by atomic mass is 35.5. The normalized spacial score (nSPS) is 16.4. The van der Waals surface area contributed by atoms with Gasteiger partial charge >= 0.3 is 0 Å². The molecule has 1 aliphatic rings. The quantitative estimate of drug-likeness (QED) is 0.910. The summed E-state index contributed by atoms with van der Waals surface area (Å²) < 4.78 is 0. The standard InChI is InChI=1S/C14H19ClN2O/c1-9-5-11(7-12(15)6-9)14(18)17(2)13(8-16)10-3-4-10/h5-7,10,13H,3-4,8,16H2,1-2H3. The second-order valence-electron chi connectivity index (χ2n) is 5.07. The molecule has 1 aromatic rings. The van der Waals surface area contributed by atoms with Crippen LogP contribution >= 0.6 is 11.6 Å². The largest absolute Gasteiger partial charge is 0.337 e. The van der Waals surface area contributed by atoms with Gasteiger partial charge in [0.05, 0.1) is 0 Å². The van der Waals surface area contributed by atoms with Gasteiger partial charge in [0.1, 0.15) is 0 Å². The molecule has 3 nitrogen and oxygen atoms in total. The zero-order chi connectivity index (χ0) is 13.3. The molecule has 2 rings (SSSR count). The molecular formula is C14H19ClN2O. The summed E-state index contributed by atoms with van der Waals surface area (Å²) in [6.07, 6.45) is 2.35. The van der Waals surface area contributed by atoms with Crippen LogP contribution in [0.1, 0.15) is 28.8 Å². The molecule has 1 aromatic carbocycles. The molecule has 0 aromatic heterocycles. The molecule has 0 aliphatic heterocycles. The maximum Gasteiger partial charge on any atom is 0.253 e. The number of amides is 1. The van der Waals surface area contributed by atoms with Crippen LogP contribution in [0.3, 0.4) is 0 Å². The van der Waals surface area contributed by atoms with Crippen molar-refractivity contribution >= 4 is 17.5 Å². The maximum absolute atomic E-state index is 12.4. The van der Waals surface area contributed by atoms with Gasteiger partial charge in [-0.1, -0.05) is 11.6 Å². The average molecular weight is 267 g/mol. The SMILES string of the molecule is Cc1cc(Cl)cc(C(=O)N(C)C(CN)C2CC2)c1. The first-order valence-electron chi connectivity index (χ1n) is 6.27. The molecule has 1 fully saturated rings. The van der Waals surface area contributed by atoms with Crippen LogP contribution in [0.4, 0.5) is 0 Å². The first kappa shape index (κ1) is 13.4. The van der Waals surface area contributed by atoms with Gasteiger partial charge in [0.15, 0.2) is 0 Å². The molecule has 1 atom stereocenters. The summed E-state index contributed by atoms with van der Waals surface area (Å²) in [5.41, 5.74) is 7.41. The summed E-state index contributed by atoms with van der Waals surface area (Å²) >= 11 is 5.99. The molecule has 2 N–H and O–H groups in total. The van der Waals surface area contributed by atoms with Gasteiger partial charge in [-0.2, -0.15) is 0 Å². The van der Waals surface area contributed by atoms with Crippen molar-refractivity contribution in [2.75, 3.05) is 13.6 Å². The van der Waals surface area contributed by atoms with Crippen LogP contribution < -0.4 is 5.73 Å². The first-order chi connectivity index (χ1) is 8.52. The Labute approximate surface area is 113 Å². The number of carbonyl (C=O) groups is 1. The van der Waals surface area contributed by atoms with Crippen molar-refractivity contribution in [3.8, 4) is 0 Å². The highest BCUT2D eigenvalue weighted by Gasteiger charge is 2.35. The van der Waals surface area contributed by atoms with Gasteiger partial charge in [-0.05, 0) is 49.4 Å². The zero-order valence-corrected chi connectivity index (χ0v) is 11.6. The van der Waals surface area contributed by atoms with E-state index < -0.39 is 0 Å². The molecule has 0 bridgehead atoms. The molecule has 0 radical (unpaired) electrons. The van der Waals surface area contributed by atoms with E-state index in [2.05, 4.69) is 0 Å². The maximum atomic E-state index is 12.4. The van der Waals surface area contributed by atoms with E-state index in [0.29, 0.717) is 23.0 Å². The van der Waals surface area contributed by atoms with Crippen LogP contribution in [0, 0.1) is 12.8 Å². The van der Waals surface area contributed by atoms with Gasteiger partial charge in [0, 0.05) is 30.2 Å². The van der Waals surface area contributed by atoms with E-state index >= 15 is 0 Å². The van der Waals surface area contributed by atoms with E-state index in [9.17, 15) is 4.79 Å². The second kappa shape index (κ2) is 5.29. The minimum absolute atomic E-state index is 0.00273. The zero-order valence-electron chi connectivity index (χ0n) is 10.8. The van der Waals surface area contributed by atoms with Crippen molar-refractivity contribution in [1.29, 1.82) is 0 Å². The lowest BCUT2D eigenvalue weighted by atomic mass is 10.1. The van der Waals surface area contributed by atoms with Crippen molar-refractivity contribution < 1.29 is 4.79 Å². The summed E-state index contributed by atoms with van der Waals surface area (Å²) in [4.78, 5) is 14.2. The predicted molar refractivity (Wildman–Crippen MR) is 73.8 cm³/mol. The monoisotopic (exact) mass is 266 g/mol. The van der Waals surface area contributed by atoms with Gasteiger partial charge < -0.3 is 10.6 Å². The third kappa shape index (κ3) is 2.85. The van der Waals surface area contributed by atoms with E-state index in [1.165, 1.54) is 12.8 Å². The van der Waals surface area contributed by atoms with Gasteiger partial charge in [0.2, 0.25) is 0 Å². The number of hydrogen-bond donors (Lipinski definition) is 1. The highest BCUT2D eigenvalue weighted by Crippen LogP contribution is 2.35. The van der Waals surface area contributed by atoms with Crippen molar-refractivity contribution in [2.45, 2.75) is 25.8 Å². The number of nitrogens with two attached hydrogens (primary N) is 1. The Morgan fingerprint density at radius 3 is 2.67 bits per heavy atom. The second-order valence-corrected chi connectivity index (χ2v) is 5.51. The molecule has 98 valence electrons. The van der Waals surface area contributed by atoms with Gasteiger partial charge in [-0.25, -0.2) is 0 Å². The van der Waals surface area contributed by atoms with Crippen LogP contribution in [0.5, 0.6) is 0 Å². The first-order valence-corrected chi connectivity index (χ1v) is 6.65. The number of halogens is 1. The Balaban J connectivity index is 2.18. The van der Waals surface area contributed by atoms with E-state index in [4.69, 9.17) is 17.3 Å². The number of likely N-dealkylation sites (N-methyl/N-ethyl adjacent to an activating group) is 1. The van der Waals surface area contributed by atoms with Crippen LogP contribution in [-0.4, -0.2) is 30.4 Å². The Hall–Kier alpha value is -1.06. The Morgan fingerprint density at radius 1 is 1.50 bits per heavy atom. The van der Waals surface area contributed by atoms with Crippen molar-refractivity contribution in [3.63, 3.8) is 0 Å². The molecule has 0 heterocycles. The number of nitrogens with zero attached hydrogens (tertiary/aromatic N) is 1. The Bertz CT molecular complexity index is 437. The molecule has 0 saturated heterocycles. The van der Waals surface area contributed by atoms with Crippen molar-refractivity contribution in [3.05, 3.63) is 34.3 Å². The van der Waals surface area contributed by atoms with Gasteiger partial charge in [0.25, 0.3) is 5.91 Å². The summed E-state index contributed by atoms with van der Waals surface area (Å²) in [5, 5.41) is 0.600. The summed E-state index contributed by atoms with van der Waals surface area (Å²) in [7, 11) is 1.83. The molecule has 0 spiro atoms. The topological polar surface area (TPSA) is 46.3 Å². The lowest BCUT2D eigenvalue weighted by Gasteiger charge is -2.27. The van der Waals surface area contributed by atoms with E-state index in [1.54, 1.807) is 11.0 Å². The fourth-order valence-corrected chi connectivity index (χ4v) is 2.65. The molecule has 18 heavy (non-hydrogen) atoms.